The predicted molar refractivity (Wildman–Crippen MR) is 128 cm³/mol. The van der Waals surface area contributed by atoms with Gasteiger partial charge in [0.05, 0.1) is 16.8 Å². The van der Waals surface area contributed by atoms with E-state index in [1.807, 2.05) is 45.2 Å². The number of hydrogen-bond donors (Lipinski definition) is 2. The molecule has 2 N–H and O–H groups in total. The van der Waals surface area contributed by atoms with Gasteiger partial charge in [-0.1, -0.05) is 23.8 Å². The molecule has 160 valence electrons. The third kappa shape index (κ3) is 4.61. The van der Waals surface area contributed by atoms with Crippen LogP contribution < -0.4 is 10.9 Å². The number of nitrogens with zero attached hydrogens (tertiary/aromatic N) is 2. The fraction of sp³-hybridized carbons (Fsp3) is 0.261. The minimum atomic E-state index is -0.219. The van der Waals surface area contributed by atoms with Crippen molar-refractivity contribution in [2.45, 2.75) is 33.9 Å². The van der Waals surface area contributed by atoms with Crippen molar-refractivity contribution in [3.05, 3.63) is 78.3 Å². The molecule has 0 unspecified atom stereocenters. The van der Waals surface area contributed by atoms with Crippen LogP contribution in [0.4, 0.5) is 5.69 Å². The van der Waals surface area contributed by atoms with E-state index in [2.05, 4.69) is 31.6 Å². The number of aromatic nitrogens is 2. The van der Waals surface area contributed by atoms with Gasteiger partial charge in [-0.2, -0.15) is 0 Å². The van der Waals surface area contributed by atoms with Gasteiger partial charge in [0.2, 0.25) is 0 Å². The van der Waals surface area contributed by atoms with Gasteiger partial charge in [-0.15, -0.1) is 22.7 Å². The molecular weight excluding hydrogens is 428 g/mol. The first-order valence-corrected chi connectivity index (χ1v) is 11.6. The van der Waals surface area contributed by atoms with Gasteiger partial charge >= 0.3 is 0 Å². The fourth-order valence-electron chi connectivity index (χ4n) is 3.59. The topological polar surface area (TPSA) is 78.1 Å². The van der Waals surface area contributed by atoms with Crippen LogP contribution in [-0.4, -0.2) is 27.8 Å². The van der Waals surface area contributed by atoms with E-state index in [1.54, 1.807) is 18.3 Å². The molecule has 0 bridgehead atoms. The molecule has 0 radical (unpaired) electrons. The highest BCUT2D eigenvalue weighted by Gasteiger charge is 2.20. The molecule has 4 aromatic rings. The molecule has 31 heavy (non-hydrogen) atoms. The molecular formula is C23H24N4O2S2. The Kier molecular flexibility index (Phi) is 6.04. The summed E-state index contributed by atoms with van der Waals surface area (Å²) in [5.74, 6) is 0.377. The molecule has 0 fully saturated rings. The second-order valence-electron chi connectivity index (χ2n) is 7.77. The van der Waals surface area contributed by atoms with Gasteiger partial charge in [-0.3, -0.25) is 14.5 Å². The monoisotopic (exact) mass is 452 g/mol. The average Bonchev–Trinajstić information content (AvgIpc) is 3.31. The molecule has 0 aliphatic rings. The molecule has 3 heterocycles. The van der Waals surface area contributed by atoms with Crippen molar-refractivity contribution < 1.29 is 4.79 Å². The highest BCUT2D eigenvalue weighted by atomic mass is 32.1. The van der Waals surface area contributed by atoms with Crippen LogP contribution in [0.25, 0.3) is 10.2 Å². The van der Waals surface area contributed by atoms with Crippen molar-refractivity contribution in [1.82, 2.24) is 14.9 Å². The van der Waals surface area contributed by atoms with Crippen LogP contribution in [0.3, 0.4) is 0 Å². The molecule has 0 saturated carbocycles. The number of fused-ring (bicyclic) bond motifs is 1. The zero-order valence-corrected chi connectivity index (χ0v) is 19.5. The van der Waals surface area contributed by atoms with Crippen LogP contribution in [0, 0.1) is 20.8 Å². The van der Waals surface area contributed by atoms with Gasteiger partial charge in [-0.25, -0.2) is 4.98 Å². The number of nitrogens with one attached hydrogen (secondary N) is 2. The second-order valence-corrected chi connectivity index (χ2v) is 9.80. The number of thiophene rings is 2. The number of hydrogen-bond acceptors (Lipinski definition) is 6. The highest BCUT2D eigenvalue weighted by molar-refractivity contribution is 7.20. The normalized spacial score (nSPS) is 11.4. The van der Waals surface area contributed by atoms with Gasteiger partial charge in [0.25, 0.3) is 11.5 Å². The van der Waals surface area contributed by atoms with Crippen LogP contribution in [0.1, 0.15) is 37.1 Å². The number of carbonyl (C=O) groups is 1. The van der Waals surface area contributed by atoms with Gasteiger partial charge in [-0.05, 0) is 56.5 Å². The second kappa shape index (κ2) is 8.74. The molecule has 0 saturated heterocycles. The molecule has 1 aromatic carbocycles. The summed E-state index contributed by atoms with van der Waals surface area (Å²) in [5.41, 5.74) is 3.36. The van der Waals surface area contributed by atoms with Crippen LogP contribution in [0.15, 0.2) is 40.5 Å². The number of rotatable bonds is 6. The molecule has 3 aromatic heterocycles. The van der Waals surface area contributed by atoms with Crippen molar-refractivity contribution in [3.63, 3.8) is 0 Å². The van der Waals surface area contributed by atoms with E-state index < -0.39 is 0 Å². The van der Waals surface area contributed by atoms with Crippen molar-refractivity contribution in [1.29, 1.82) is 0 Å². The number of amides is 1. The van der Waals surface area contributed by atoms with Crippen LogP contribution >= 0.6 is 22.7 Å². The lowest BCUT2D eigenvalue weighted by atomic mass is 10.1. The molecule has 0 aliphatic heterocycles. The SMILES string of the molecule is Cc1ccc(NC(=O)c2sc3nc(CN(C)Cc4cccs4)[nH]c(=O)c3c2C)c(C)c1. The van der Waals surface area contributed by atoms with E-state index in [-0.39, 0.29) is 11.5 Å². The standard InChI is InChI=1S/C23H24N4O2S2/c1-13-7-8-17(14(2)10-13)24-22(29)20-15(3)19-21(28)25-18(26-23(19)31-20)12-27(4)11-16-6-5-9-30-16/h5-10H,11-12H2,1-4H3,(H,24,29)(H,25,26,28). The summed E-state index contributed by atoms with van der Waals surface area (Å²) >= 11 is 2.96. The quantitative estimate of drug-likeness (QED) is 0.438. The Morgan fingerprint density at radius 2 is 2.00 bits per heavy atom. The van der Waals surface area contributed by atoms with Gasteiger partial charge < -0.3 is 10.3 Å². The summed E-state index contributed by atoms with van der Waals surface area (Å²) in [6.45, 7) is 7.08. The zero-order chi connectivity index (χ0) is 22.1. The molecule has 0 spiro atoms. The average molecular weight is 453 g/mol. The number of carbonyl (C=O) groups excluding carboxylic acids is 1. The first-order chi connectivity index (χ1) is 14.8. The van der Waals surface area contributed by atoms with E-state index in [4.69, 9.17) is 0 Å². The molecule has 4 rings (SSSR count). The van der Waals surface area contributed by atoms with Crippen molar-refractivity contribution in [2.75, 3.05) is 12.4 Å². The number of benzene rings is 1. The van der Waals surface area contributed by atoms with E-state index >= 15 is 0 Å². The van der Waals surface area contributed by atoms with E-state index in [0.717, 1.165) is 23.4 Å². The first kappa shape index (κ1) is 21.4. The molecule has 6 nitrogen and oxygen atoms in total. The van der Waals surface area contributed by atoms with E-state index in [1.165, 1.54) is 16.2 Å². The highest BCUT2D eigenvalue weighted by Crippen LogP contribution is 2.28. The van der Waals surface area contributed by atoms with E-state index in [0.29, 0.717) is 33.0 Å². The maximum absolute atomic E-state index is 12.9. The minimum absolute atomic E-state index is 0.205. The summed E-state index contributed by atoms with van der Waals surface area (Å²) in [6.07, 6.45) is 0. The third-order valence-electron chi connectivity index (χ3n) is 5.11. The maximum Gasteiger partial charge on any atom is 0.266 e. The van der Waals surface area contributed by atoms with Crippen LogP contribution in [-0.2, 0) is 13.1 Å². The predicted octanol–water partition coefficient (Wildman–Crippen LogP) is 4.86. The Hall–Kier alpha value is -2.81. The number of H-pyrrole nitrogens is 1. The maximum atomic E-state index is 12.9. The van der Waals surface area contributed by atoms with Crippen molar-refractivity contribution >= 4 is 44.5 Å². The molecule has 0 aliphatic carbocycles. The summed E-state index contributed by atoms with van der Waals surface area (Å²) in [4.78, 5) is 37.7. The smallest absolute Gasteiger partial charge is 0.266 e. The zero-order valence-electron chi connectivity index (χ0n) is 17.9. The Balaban J connectivity index is 1.59. The Morgan fingerprint density at radius 1 is 1.19 bits per heavy atom. The summed E-state index contributed by atoms with van der Waals surface area (Å²) in [6, 6.07) is 10.0. The Labute approximate surface area is 188 Å². The van der Waals surface area contributed by atoms with Gasteiger partial charge in [0.1, 0.15) is 10.7 Å². The summed E-state index contributed by atoms with van der Waals surface area (Å²) in [7, 11) is 1.99. The van der Waals surface area contributed by atoms with Crippen molar-refractivity contribution in [2.24, 2.45) is 0 Å². The minimum Gasteiger partial charge on any atom is -0.321 e. The number of aryl methyl sites for hydroxylation is 3. The lowest BCUT2D eigenvalue weighted by Gasteiger charge is -2.14. The molecule has 1 amide bonds. The molecule has 8 heteroatoms. The third-order valence-corrected chi connectivity index (χ3v) is 7.16. The lowest BCUT2D eigenvalue weighted by Crippen LogP contribution is -2.21. The largest absolute Gasteiger partial charge is 0.321 e. The fourth-order valence-corrected chi connectivity index (χ4v) is 5.47. The first-order valence-electron chi connectivity index (χ1n) is 9.93. The van der Waals surface area contributed by atoms with Crippen molar-refractivity contribution in [3.8, 4) is 0 Å². The Morgan fingerprint density at radius 3 is 2.71 bits per heavy atom. The number of aromatic amines is 1. The Bertz CT molecular complexity index is 1310. The van der Waals surface area contributed by atoms with E-state index in [9.17, 15) is 9.59 Å². The molecule has 0 atom stereocenters. The van der Waals surface area contributed by atoms with Crippen LogP contribution in [0.2, 0.25) is 0 Å². The van der Waals surface area contributed by atoms with Gasteiger partial charge in [0.15, 0.2) is 0 Å². The van der Waals surface area contributed by atoms with Crippen LogP contribution in [0.5, 0.6) is 0 Å². The lowest BCUT2D eigenvalue weighted by molar-refractivity contribution is 0.103. The number of anilines is 1. The summed E-state index contributed by atoms with van der Waals surface area (Å²) in [5, 5.41) is 5.51. The van der Waals surface area contributed by atoms with Gasteiger partial charge in [0, 0.05) is 17.1 Å². The summed E-state index contributed by atoms with van der Waals surface area (Å²) < 4.78 is 0.